The lowest BCUT2D eigenvalue weighted by molar-refractivity contribution is -0.117. The SMILES string of the molecule is C[C@H](N)C(=O)Nc1cccc(OC(F)F)c1.Cl. The van der Waals surface area contributed by atoms with Crippen molar-refractivity contribution in [1.29, 1.82) is 0 Å². The van der Waals surface area contributed by atoms with Gasteiger partial charge in [-0.05, 0) is 19.1 Å². The van der Waals surface area contributed by atoms with Crippen molar-refractivity contribution in [2.45, 2.75) is 19.6 Å². The van der Waals surface area contributed by atoms with E-state index in [4.69, 9.17) is 5.73 Å². The maximum atomic E-state index is 11.9. The van der Waals surface area contributed by atoms with Crippen molar-refractivity contribution in [2.75, 3.05) is 5.32 Å². The van der Waals surface area contributed by atoms with Gasteiger partial charge < -0.3 is 15.8 Å². The van der Waals surface area contributed by atoms with Gasteiger partial charge in [0.1, 0.15) is 5.75 Å². The monoisotopic (exact) mass is 266 g/mol. The van der Waals surface area contributed by atoms with Gasteiger partial charge in [0.2, 0.25) is 5.91 Å². The lowest BCUT2D eigenvalue weighted by Crippen LogP contribution is -2.32. The number of alkyl halides is 2. The Hall–Kier alpha value is -1.40. The Bertz CT molecular complexity index is 375. The number of anilines is 1. The quantitative estimate of drug-likeness (QED) is 0.876. The molecule has 0 saturated heterocycles. The molecule has 0 aliphatic carbocycles. The first-order valence-corrected chi connectivity index (χ1v) is 4.60. The summed E-state index contributed by atoms with van der Waals surface area (Å²) in [5.74, 6) is -0.410. The minimum absolute atomic E-state index is 0. The molecule has 96 valence electrons. The van der Waals surface area contributed by atoms with E-state index < -0.39 is 18.6 Å². The minimum atomic E-state index is -2.89. The highest BCUT2D eigenvalue weighted by Crippen LogP contribution is 2.19. The Balaban J connectivity index is 0.00000256. The standard InChI is InChI=1S/C10H12F2N2O2.ClH/c1-6(13)9(15)14-7-3-2-4-8(5-7)16-10(11)12;/h2-6,10H,13H2,1H3,(H,14,15);1H/t6-;/m0./s1. The molecule has 0 unspecified atom stereocenters. The van der Waals surface area contributed by atoms with E-state index >= 15 is 0 Å². The van der Waals surface area contributed by atoms with E-state index in [0.29, 0.717) is 5.69 Å². The van der Waals surface area contributed by atoms with Gasteiger partial charge in [-0.1, -0.05) is 6.07 Å². The Labute approximate surface area is 104 Å². The molecule has 17 heavy (non-hydrogen) atoms. The van der Waals surface area contributed by atoms with Crippen LogP contribution in [0.1, 0.15) is 6.92 Å². The first-order valence-electron chi connectivity index (χ1n) is 4.60. The van der Waals surface area contributed by atoms with Crippen molar-refractivity contribution in [3.63, 3.8) is 0 Å². The number of nitrogens with two attached hydrogens (primary N) is 1. The average molecular weight is 267 g/mol. The summed E-state index contributed by atoms with van der Waals surface area (Å²) in [7, 11) is 0. The molecule has 0 heterocycles. The van der Waals surface area contributed by atoms with Crippen molar-refractivity contribution in [2.24, 2.45) is 5.73 Å². The molecule has 0 bridgehead atoms. The molecule has 1 rings (SSSR count). The fraction of sp³-hybridized carbons (Fsp3) is 0.300. The van der Waals surface area contributed by atoms with E-state index in [1.165, 1.54) is 25.1 Å². The molecule has 3 N–H and O–H groups in total. The van der Waals surface area contributed by atoms with E-state index in [0.717, 1.165) is 0 Å². The van der Waals surface area contributed by atoms with Crippen LogP contribution in [0.4, 0.5) is 14.5 Å². The predicted molar refractivity (Wildman–Crippen MR) is 62.6 cm³/mol. The molecule has 0 aliphatic rings. The normalized spacial score (nSPS) is 11.6. The minimum Gasteiger partial charge on any atom is -0.435 e. The summed E-state index contributed by atoms with van der Waals surface area (Å²) < 4.78 is 28.0. The van der Waals surface area contributed by atoms with Crippen LogP contribution in [0.25, 0.3) is 0 Å². The van der Waals surface area contributed by atoms with Crippen LogP contribution in [-0.2, 0) is 4.79 Å². The molecule has 1 atom stereocenters. The van der Waals surface area contributed by atoms with Crippen molar-refractivity contribution >= 4 is 24.0 Å². The van der Waals surface area contributed by atoms with Crippen molar-refractivity contribution in [3.05, 3.63) is 24.3 Å². The van der Waals surface area contributed by atoms with Crippen LogP contribution in [0, 0.1) is 0 Å². The van der Waals surface area contributed by atoms with Gasteiger partial charge >= 0.3 is 6.61 Å². The molecule has 0 saturated carbocycles. The van der Waals surface area contributed by atoms with E-state index in [9.17, 15) is 13.6 Å². The first-order chi connectivity index (χ1) is 7.49. The number of nitrogens with one attached hydrogen (secondary N) is 1. The fourth-order valence-electron chi connectivity index (χ4n) is 1.01. The van der Waals surface area contributed by atoms with Crippen LogP contribution in [0.2, 0.25) is 0 Å². The molecule has 1 amide bonds. The van der Waals surface area contributed by atoms with Gasteiger partial charge in [0.15, 0.2) is 0 Å². The number of benzene rings is 1. The fourth-order valence-corrected chi connectivity index (χ4v) is 1.01. The molecular weight excluding hydrogens is 254 g/mol. The van der Waals surface area contributed by atoms with Crippen molar-refractivity contribution in [1.82, 2.24) is 0 Å². The Morgan fingerprint density at radius 2 is 2.12 bits per heavy atom. The molecule has 1 aromatic rings. The number of hydrogen-bond donors (Lipinski definition) is 2. The third kappa shape index (κ3) is 5.46. The van der Waals surface area contributed by atoms with Crippen LogP contribution in [0.3, 0.4) is 0 Å². The summed E-state index contributed by atoms with van der Waals surface area (Å²) in [6, 6.07) is 5.05. The van der Waals surface area contributed by atoms with E-state index in [1.54, 1.807) is 6.07 Å². The lowest BCUT2D eigenvalue weighted by Gasteiger charge is -2.09. The Morgan fingerprint density at radius 1 is 1.47 bits per heavy atom. The second-order valence-electron chi connectivity index (χ2n) is 3.18. The number of halogens is 3. The second kappa shape index (κ2) is 7.03. The molecule has 0 fully saturated rings. The van der Waals surface area contributed by atoms with Crippen LogP contribution in [0.15, 0.2) is 24.3 Å². The lowest BCUT2D eigenvalue weighted by atomic mass is 10.2. The largest absolute Gasteiger partial charge is 0.435 e. The summed E-state index contributed by atoms with van der Waals surface area (Å²) in [6.07, 6.45) is 0. The maximum Gasteiger partial charge on any atom is 0.387 e. The van der Waals surface area contributed by atoms with Crippen molar-refractivity contribution in [3.8, 4) is 5.75 Å². The molecule has 4 nitrogen and oxygen atoms in total. The zero-order chi connectivity index (χ0) is 12.1. The van der Waals surface area contributed by atoms with Crippen LogP contribution in [0.5, 0.6) is 5.75 Å². The first kappa shape index (κ1) is 15.6. The number of carbonyl (C=O) groups is 1. The molecule has 0 spiro atoms. The van der Waals surface area contributed by atoms with Crippen LogP contribution < -0.4 is 15.8 Å². The number of hydrogen-bond acceptors (Lipinski definition) is 3. The molecule has 1 aromatic carbocycles. The zero-order valence-electron chi connectivity index (χ0n) is 9.02. The van der Waals surface area contributed by atoms with Gasteiger partial charge in [0, 0.05) is 11.8 Å². The summed E-state index contributed by atoms with van der Waals surface area (Å²) in [5.41, 5.74) is 5.70. The predicted octanol–water partition coefficient (Wildman–Crippen LogP) is 2.00. The third-order valence-electron chi connectivity index (χ3n) is 1.74. The number of amides is 1. The van der Waals surface area contributed by atoms with Gasteiger partial charge in [0.05, 0.1) is 6.04 Å². The summed E-state index contributed by atoms with van der Waals surface area (Å²) in [4.78, 5) is 11.2. The summed E-state index contributed by atoms with van der Waals surface area (Å²) in [6.45, 7) is -1.37. The highest BCUT2D eigenvalue weighted by molar-refractivity contribution is 5.94. The van der Waals surface area contributed by atoms with Gasteiger partial charge in [-0.2, -0.15) is 8.78 Å². The highest BCUT2D eigenvalue weighted by Gasteiger charge is 2.09. The third-order valence-corrected chi connectivity index (χ3v) is 1.74. The molecule has 0 aromatic heterocycles. The number of ether oxygens (including phenoxy) is 1. The number of rotatable bonds is 4. The van der Waals surface area contributed by atoms with Gasteiger partial charge in [0.25, 0.3) is 0 Å². The molecular formula is C10H13ClF2N2O2. The number of carbonyl (C=O) groups excluding carboxylic acids is 1. The maximum absolute atomic E-state index is 11.9. The van der Waals surface area contributed by atoms with Crippen molar-refractivity contribution < 1.29 is 18.3 Å². The molecule has 7 heteroatoms. The Kier molecular flexibility index (Phi) is 6.45. The van der Waals surface area contributed by atoms with Gasteiger partial charge in [-0.3, -0.25) is 4.79 Å². The average Bonchev–Trinajstić information content (AvgIpc) is 2.16. The van der Waals surface area contributed by atoms with E-state index in [1.807, 2.05) is 0 Å². The second-order valence-corrected chi connectivity index (χ2v) is 3.18. The molecule has 0 radical (unpaired) electrons. The smallest absolute Gasteiger partial charge is 0.387 e. The highest BCUT2D eigenvalue weighted by atomic mass is 35.5. The molecule has 0 aliphatic heterocycles. The topological polar surface area (TPSA) is 64.4 Å². The van der Waals surface area contributed by atoms with E-state index in [-0.39, 0.29) is 18.2 Å². The van der Waals surface area contributed by atoms with Crippen LogP contribution in [-0.4, -0.2) is 18.6 Å². The zero-order valence-corrected chi connectivity index (χ0v) is 9.84. The van der Waals surface area contributed by atoms with Gasteiger partial charge in [-0.25, -0.2) is 0 Å². The van der Waals surface area contributed by atoms with Crippen LogP contribution >= 0.6 is 12.4 Å². The summed E-state index contributed by atoms with van der Waals surface area (Å²) >= 11 is 0. The summed E-state index contributed by atoms with van der Waals surface area (Å²) in [5, 5.41) is 2.47. The van der Waals surface area contributed by atoms with E-state index in [2.05, 4.69) is 10.1 Å². The van der Waals surface area contributed by atoms with Gasteiger partial charge in [-0.15, -0.1) is 12.4 Å². The Morgan fingerprint density at radius 3 is 2.65 bits per heavy atom.